The van der Waals surface area contributed by atoms with Gasteiger partial charge in [-0.3, -0.25) is 0 Å². The van der Waals surface area contributed by atoms with Gasteiger partial charge in [-0.1, -0.05) is 17.3 Å². The van der Waals surface area contributed by atoms with Crippen LogP contribution in [0.5, 0.6) is 11.5 Å². The van der Waals surface area contributed by atoms with Crippen LogP contribution >= 0.6 is 11.3 Å². The molecule has 0 fully saturated rings. The number of nitrogens with zero attached hydrogens (tertiary/aromatic N) is 2. The molecule has 0 saturated heterocycles. The number of rotatable bonds is 4. The van der Waals surface area contributed by atoms with Gasteiger partial charge < -0.3 is 14.0 Å². The summed E-state index contributed by atoms with van der Waals surface area (Å²) in [5, 5.41) is 6.13. The van der Waals surface area contributed by atoms with Gasteiger partial charge in [0.25, 0.3) is 0 Å². The maximum atomic E-state index is 5.56. The van der Waals surface area contributed by atoms with Crippen LogP contribution in [0.25, 0.3) is 32.8 Å². The predicted molar refractivity (Wildman–Crippen MR) is 98.4 cm³/mol. The normalized spacial score (nSPS) is 11.0. The summed E-state index contributed by atoms with van der Waals surface area (Å²) in [6.07, 6.45) is 0. The Bertz CT molecular complexity index is 1040. The molecule has 25 heavy (non-hydrogen) atoms. The molecule has 0 atom stereocenters. The summed E-state index contributed by atoms with van der Waals surface area (Å²) in [6.45, 7) is 1.90. The van der Waals surface area contributed by atoms with Gasteiger partial charge in [0.05, 0.1) is 24.8 Å². The summed E-state index contributed by atoms with van der Waals surface area (Å²) in [4.78, 5) is 5.84. The quantitative estimate of drug-likeness (QED) is 0.520. The van der Waals surface area contributed by atoms with Crippen LogP contribution in [0.4, 0.5) is 0 Å². The lowest BCUT2D eigenvalue weighted by molar-refractivity contribution is 0.355. The van der Waals surface area contributed by atoms with E-state index < -0.39 is 0 Å². The lowest BCUT2D eigenvalue weighted by Gasteiger charge is -2.10. The molecule has 0 unspecified atom stereocenters. The number of aromatic nitrogens is 2. The SMILES string of the molecule is COc1ccc(-c2cc(-c3cccs3)nc3c(C)noc23)cc1OC. The first-order chi connectivity index (χ1) is 12.2. The first-order valence-corrected chi connectivity index (χ1v) is 8.62. The van der Waals surface area contributed by atoms with E-state index in [1.54, 1.807) is 25.6 Å². The largest absolute Gasteiger partial charge is 0.493 e. The molecular formula is C19H16N2O3S. The standard InChI is InChI=1S/C19H16N2O3S/c1-11-18-19(24-21-11)13(10-14(20-18)17-5-4-8-25-17)12-6-7-15(22-2)16(9-12)23-3/h4-10H,1-3H3. The van der Waals surface area contributed by atoms with Gasteiger partial charge in [-0.25, -0.2) is 4.98 Å². The zero-order valence-corrected chi connectivity index (χ0v) is 14.9. The maximum Gasteiger partial charge on any atom is 0.193 e. The van der Waals surface area contributed by atoms with Crippen LogP contribution in [0, 0.1) is 6.92 Å². The third-order valence-electron chi connectivity index (χ3n) is 4.06. The summed E-state index contributed by atoms with van der Waals surface area (Å²) in [5.41, 5.74) is 5.00. The van der Waals surface area contributed by atoms with Crippen molar-refractivity contribution in [3.05, 3.63) is 47.5 Å². The van der Waals surface area contributed by atoms with E-state index in [0.29, 0.717) is 17.1 Å². The average Bonchev–Trinajstić information content (AvgIpc) is 3.31. The molecule has 0 aliphatic carbocycles. The van der Waals surface area contributed by atoms with Crippen molar-refractivity contribution in [3.63, 3.8) is 0 Å². The molecule has 0 spiro atoms. The van der Waals surface area contributed by atoms with Gasteiger partial charge in [-0.15, -0.1) is 11.3 Å². The van der Waals surface area contributed by atoms with Gasteiger partial charge >= 0.3 is 0 Å². The summed E-state index contributed by atoms with van der Waals surface area (Å²) in [5.74, 6) is 1.35. The maximum absolute atomic E-state index is 5.56. The molecule has 1 aromatic carbocycles. The van der Waals surface area contributed by atoms with Crippen molar-refractivity contribution in [2.24, 2.45) is 0 Å². The monoisotopic (exact) mass is 352 g/mol. The van der Waals surface area contributed by atoms with Crippen LogP contribution < -0.4 is 9.47 Å². The summed E-state index contributed by atoms with van der Waals surface area (Å²) in [6, 6.07) is 11.9. The van der Waals surface area contributed by atoms with Crippen molar-refractivity contribution in [2.45, 2.75) is 6.92 Å². The van der Waals surface area contributed by atoms with Crippen LogP contribution in [0.1, 0.15) is 5.69 Å². The summed E-state index contributed by atoms with van der Waals surface area (Å²) >= 11 is 1.65. The Morgan fingerprint density at radius 3 is 2.60 bits per heavy atom. The highest BCUT2D eigenvalue weighted by molar-refractivity contribution is 7.13. The third kappa shape index (κ3) is 2.64. The fourth-order valence-electron chi connectivity index (χ4n) is 2.80. The molecule has 4 rings (SSSR count). The Kier molecular flexibility index (Phi) is 3.89. The summed E-state index contributed by atoms with van der Waals surface area (Å²) < 4.78 is 16.3. The molecule has 4 aromatic rings. The van der Waals surface area contributed by atoms with Gasteiger partial charge in [-0.05, 0) is 42.1 Å². The number of fused-ring (bicyclic) bond motifs is 1. The molecule has 0 radical (unpaired) electrons. The average molecular weight is 352 g/mol. The minimum atomic E-state index is 0.666. The Balaban J connectivity index is 1.97. The van der Waals surface area contributed by atoms with E-state index in [-0.39, 0.29) is 0 Å². The van der Waals surface area contributed by atoms with Crippen molar-refractivity contribution in [1.29, 1.82) is 0 Å². The van der Waals surface area contributed by atoms with Crippen LogP contribution in [0.2, 0.25) is 0 Å². The van der Waals surface area contributed by atoms with Crippen molar-refractivity contribution in [3.8, 4) is 33.2 Å². The smallest absolute Gasteiger partial charge is 0.193 e. The number of ether oxygens (including phenoxy) is 2. The van der Waals surface area contributed by atoms with Gasteiger partial charge in [0, 0.05) is 5.56 Å². The Labute approximate surface area is 148 Å². The van der Waals surface area contributed by atoms with E-state index in [4.69, 9.17) is 19.0 Å². The second kappa shape index (κ2) is 6.22. The molecule has 0 amide bonds. The Hall–Kier alpha value is -2.86. The number of hydrogen-bond donors (Lipinski definition) is 0. The van der Waals surface area contributed by atoms with E-state index >= 15 is 0 Å². The lowest BCUT2D eigenvalue weighted by Crippen LogP contribution is -1.92. The topological polar surface area (TPSA) is 57.4 Å². The van der Waals surface area contributed by atoms with E-state index in [0.717, 1.165) is 32.9 Å². The highest BCUT2D eigenvalue weighted by Gasteiger charge is 2.17. The van der Waals surface area contributed by atoms with Gasteiger partial charge in [0.15, 0.2) is 17.1 Å². The number of thiophene rings is 1. The molecule has 0 aliphatic rings. The molecule has 0 saturated carbocycles. The van der Waals surface area contributed by atoms with Crippen LogP contribution in [0.15, 0.2) is 46.3 Å². The molecule has 126 valence electrons. The number of hydrogen-bond acceptors (Lipinski definition) is 6. The van der Waals surface area contributed by atoms with Crippen LogP contribution in [0.3, 0.4) is 0 Å². The van der Waals surface area contributed by atoms with Crippen molar-refractivity contribution < 1.29 is 14.0 Å². The predicted octanol–water partition coefficient (Wildman–Crippen LogP) is 4.94. The fourth-order valence-corrected chi connectivity index (χ4v) is 3.48. The first kappa shape index (κ1) is 15.7. The van der Waals surface area contributed by atoms with Crippen LogP contribution in [-0.2, 0) is 0 Å². The fraction of sp³-hybridized carbons (Fsp3) is 0.158. The zero-order valence-electron chi connectivity index (χ0n) is 14.1. The zero-order chi connectivity index (χ0) is 17.4. The third-order valence-corrected chi connectivity index (χ3v) is 4.95. The minimum absolute atomic E-state index is 0.666. The molecular weight excluding hydrogens is 336 g/mol. The Morgan fingerprint density at radius 1 is 1.04 bits per heavy atom. The molecule has 5 nitrogen and oxygen atoms in total. The van der Waals surface area contributed by atoms with E-state index in [9.17, 15) is 0 Å². The molecule has 0 aliphatic heterocycles. The van der Waals surface area contributed by atoms with Crippen molar-refractivity contribution in [2.75, 3.05) is 14.2 Å². The van der Waals surface area contributed by atoms with Crippen molar-refractivity contribution >= 4 is 22.4 Å². The molecule has 6 heteroatoms. The number of benzene rings is 1. The van der Waals surface area contributed by atoms with E-state index in [1.807, 2.05) is 42.6 Å². The van der Waals surface area contributed by atoms with Gasteiger partial charge in [0.1, 0.15) is 11.2 Å². The van der Waals surface area contributed by atoms with Crippen LogP contribution in [-0.4, -0.2) is 24.4 Å². The second-order valence-electron chi connectivity index (χ2n) is 5.55. The van der Waals surface area contributed by atoms with Crippen molar-refractivity contribution in [1.82, 2.24) is 10.1 Å². The van der Waals surface area contributed by atoms with Gasteiger partial charge in [-0.2, -0.15) is 0 Å². The minimum Gasteiger partial charge on any atom is -0.493 e. The number of pyridine rings is 1. The highest BCUT2D eigenvalue weighted by Crippen LogP contribution is 2.38. The number of aryl methyl sites for hydroxylation is 1. The summed E-state index contributed by atoms with van der Waals surface area (Å²) in [7, 11) is 3.25. The highest BCUT2D eigenvalue weighted by atomic mass is 32.1. The molecule has 0 N–H and O–H groups in total. The van der Waals surface area contributed by atoms with E-state index in [1.165, 1.54) is 0 Å². The lowest BCUT2D eigenvalue weighted by atomic mass is 10.0. The Morgan fingerprint density at radius 2 is 1.88 bits per heavy atom. The number of methoxy groups -OCH3 is 2. The molecule has 3 aromatic heterocycles. The van der Waals surface area contributed by atoms with Gasteiger partial charge in [0.2, 0.25) is 0 Å². The second-order valence-corrected chi connectivity index (χ2v) is 6.50. The first-order valence-electron chi connectivity index (χ1n) is 7.74. The molecule has 3 heterocycles. The van der Waals surface area contributed by atoms with E-state index in [2.05, 4.69) is 11.2 Å². The molecule has 0 bridgehead atoms.